The van der Waals surface area contributed by atoms with Crippen LogP contribution in [-0.4, -0.2) is 83.3 Å². The Bertz CT molecular complexity index is 974. The first-order chi connectivity index (χ1) is 15.0. The highest BCUT2D eigenvalue weighted by atomic mass is 16.2. The van der Waals surface area contributed by atoms with Crippen LogP contribution in [0.5, 0.6) is 0 Å². The van der Waals surface area contributed by atoms with Crippen molar-refractivity contribution in [3.8, 4) is 6.07 Å². The molecule has 4 aliphatic heterocycles. The van der Waals surface area contributed by atoms with E-state index in [1.165, 1.54) is 0 Å². The molecule has 1 atom stereocenters. The van der Waals surface area contributed by atoms with E-state index < -0.39 is 6.04 Å². The summed E-state index contributed by atoms with van der Waals surface area (Å²) in [5.74, 6) is -0.782. The Labute approximate surface area is 181 Å². The zero-order valence-electron chi connectivity index (χ0n) is 17.4. The fraction of sp³-hybridized carbons (Fsp3) is 0.545. The molecule has 162 valence electrons. The van der Waals surface area contributed by atoms with Crippen LogP contribution in [0.4, 0.5) is 0 Å². The van der Waals surface area contributed by atoms with Gasteiger partial charge < -0.3 is 10.2 Å². The van der Waals surface area contributed by atoms with Crippen LogP contribution in [0.15, 0.2) is 18.2 Å². The minimum absolute atomic E-state index is 0.122. The molecule has 3 fully saturated rings. The van der Waals surface area contributed by atoms with Crippen molar-refractivity contribution >= 4 is 17.7 Å². The highest BCUT2D eigenvalue weighted by Gasteiger charge is 2.44. The summed E-state index contributed by atoms with van der Waals surface area (Å²) in [5, 5.41) is 15.1. The fourth-order valence-electron chi connectivity index (χ4n) is 5.13. The molecule has 0 bridgehead atoms. The van der Waals surface area contributed by atoms with Crippen molar-refractivity contribution in [1.82, 2.24) is 25.3 Å². The van der Waals surface area contributed by atoms with Crippen LogP contribution in [0.25, 0.3) is 0 Å². The number of benzene rings is 1. The largest absolute Gasteiger partial charge is 0.322 e. The zero-order chi connectivity index (χ0) is 21.6. The molecular weight excluding hydrogens is 396 g/mol. The Morgan fingerprint density at radius 2 is 1.90 bits per heavy atom. The van der Waals surface area contributed by atoms with Crippen LogP contribution < -0.4 is 10.6 Å². The maximum Gasteiger partial charge on any atom is 0.255 e. The molecule has 9 heteroatoms. The third-order valence-electron chi connectivity index (χ3n) is 7.05. The van der Waals surface area contributed by atoms with Gasteiger partial charge in [0.25, 0.3) is 5.91 Å². The molecular formula is C22H26N6O3. The van der Waals surface area contributed by atoms with Gasteiger partial charge in [-0.1, -0.05) is 18.2 Å². The van der Waals surface area contributed by atoms with E-state index in [0.717, 1.165) is 50.4 Å². The summed E-state index contributed by atoms with van der Waals surface area (Å²) in [6.07, 6.45) is 0.630. The van der Waals surface area contributed by atoms with Crippen LogP contribution in [0.1, 0.15) is 34.3 Å². The molecule has 0 saturated carbocycles. The molecule has 1 aromatic rings. The van der Waals surface area contributed by atoms with E-state index >= 15 is 0 Å². The predicted octanol–water partition coefficient (Wildman–Crippen LogP) is -0.569. The molecule has 31 heavy (non-hydrogen) atoms. The van der Waals surface area contributed by atoms with E-state index in [0.29, 0.717) is 25.1 Å². The average molecular weight is 422 g/mol. The smallest absolute Gasteiger partial charge is 0.255 e. The molecule has 2 N–H and O–H groups in total. The van der Waals surface area contributed by atoms with E-state index in [4.69, 9.17) is 0 Å². The normalized spacial score (nSPS) is 26.2. The van der Waals surface area contributed by atoms with E-state index in [1.807, 2.05) is 18.2 Å². The lowest BCUT2D eigenvalue weighted by atomic mass is 9.91. The predicted molar refractivity (Wildman–Crippen MR) is 111 cm³/mol. The van der Waals surface area contributed by atoms with Crippen LogP contribution in [0.2, 0.25) is 0 Å². The van der Waals surface area contributed by atoms with Crippen LogP contribution in [0, 0.1) is 11.3 Å². The monoisotopic (exact) mass is 422 g/mol. The van der Waals surface area contributed by atoms with Crippen LogP contribution in [-0.2, 0) is 22.7 Å². The van der Waals surface area contributed by atoms with Crippen molar-refractivity contribution in [2.45, 2.75) is 37.5 Å². The molecule has 5 rings (SSSR count). The SMILES string of the molecule is N#CC1(N2CCN(Cc3cccc4c3C(=O)N(C3CCC(=O)NC3=O)C4)CC2)CNC1. The Kier molecular flexibility index (Phi) is 5.01. The van der Waals surface area contributed by atoms with Gasteiger partial charge in [-0.2, -0.15) is 5.26 Å². The minimum atomic E-state index is -0.591. The van der Waals surface area contributed by atoms with Crippen molar-refractivity contribution < 1.29 is 14.4 Å². The molecule has 0 aliphatic carbocycles. The van der Waals surface area contributed by atoms with Crippen LogP contribution >= 0.6 is 0 Å². The van der Waals surface area contributed by atoms with E-state index in [1.54, 1.807) is 4.90 Å². The Morgan fingerprint density at radius 3 is 2.55 bits per heavy atom. The van der Waals surface area contributed by atoms with Crippen molar-refractivity contribution in [1.29, 1.82) is 5.26 Å². The first-order valence-electron chi connectivity index (χ1n) is 10.9. The number of rotatable bonds is 4. The number of nitrogens with zero attached hydrogens (tertiary/aromatic N) is 4. The summed E-state index contributed by atoms with van der Waals surface area (Å²) in [7, 11) is 0. The lowest BCUT2D eigenvalue weighted by molar-refractivity contribution is -0.136. The van der Waals surface area contributed by atoms with Gasteiger partial charge in [-0.25, -0.2) is 0 Å². The number of fused-ring (bicyclic) bond motifs is 1. The third kappa shape index (κ3) is 3.41. The molecule has 3 amide bonds. The lowest BCUT2D eigenvalue weighted by Gasteiger charge is -2.48. The molecule has 3 saturated heterocycles. The summed E-state index contributed by atoms with van der Waals surface area (Å²) in [6, 6.07) is 7.79. The molecule has 9 nitrogen and oxygen atoms in total. The second kappa shape index (κ2) is 7.71. The molecule has 1 aromatic carbocycles. The zero-order valence-corrected chi connectivity index (χ0v) is 17.4. The van der Waals surface area contributed by atoms with Gasteiger partial charge in [0.15, 0.2) is 0 Å². The molecule has 4 heterocycles. The molecule has 0 aromatic heterocycles. The highest BCUT2D eigenvalue weighted by molar-refractivity contribution is 6.05. The van der Waals surface area contributed by atoms with Gasteiger partial charge in [-0.3, -0.25) is 29.5 Å². The van der Waals surface area contributed by atoms with Crippen LogP contribution in [0.3, 0.4) is 0 Å². The summed E-state index contributed by atoms with van der Waals surface area (Å²) < 4.78 is 0. The Morgan fingerprint density at radius 1 is 1.13 bits per heavy atom. The minimum Gasteiger partial charge on any atom is -0.322 e. The molecule has 0 radical (unpaired) electrons. The Balaban J connectivity index is 1.27. The number of carbonyl (C=O) groups is 3. The second-order valence-corrected chi connectivity index (χ2v) is 8.86. The molecule has 1 unspecified atom stereocenters. The average Bonchev–Trinajstić information content (AvgIpc) is 3.06. The van der Waals surface area contributed by atoms with Crippen molar-refractivity contribution in [2.75, 3.05) is 39.3 Å². The number of nitrogens with one attached hydrogen (secondary N) is 2. The number of piperazine rings is 1. The number of nitriles is 1. The van der Waals surface area contributed by atoms with E-state index in [2.05, 4.69) is 26.5 Å². The third-order valence-corrected chi connectivity index (χ3v) is 7.05. The summed E-state index contributed by atoms with van der Waals surface area (Å²) in [5.41, 5.74) is 2.26. The number of hydrogen-bond acceptors (Lipinski definition) is 7. The lowest BCUT2D eigenvalue weighted by Crippen LogP contribution is -2.70. The number of imide groups is 1. The van der Waals surface area contributed by atoms with E-state index in [-0.39, 0.29) is 29.7 Å². The fourth-order valence-corrected chi connectivity index (χ4v) is 5.13. The Hall–Kier alpha value is -2.80. The maximum atomic E-state index is 13.2. The first-order valence-corrected chi connectivity index (χ1v) is 10.9. The van der Waals surface area contributed by atoms with E-state index in [9.17, 15) is 19.6 Å². The van der Waals surface area contributed by atoms with Gasteiger partial charge in [-0.15, -0.1) is 0 Å². The molecule has 4 aliphatic rings. The van der Waals surface area contributed by atoms with Crippen molar-refractivity contribution in [2.24, 2.45) is 0 Å². The summed E-state index contributed by atoms with van der Waals surface area (Å²) >= 11 is 0. The van der Waals surface area contributed by atoms with Crippen molar-refractivity contribution in [3.05, 3.63) is 34.9 Å². The van der Waals surface area contributed by atoms with Gasteiger partial charge in [-0.05, 0) is 17.5 Å². The second-order valence-electron chi connectivity index (χ2n) is 8.86. The standard InChI is InChI=1S/C22H26N6O3/c23-12-22(13-24-14-22)27-8-6-26(7-9-27)10-15-2-1-3-16-11-28(21(31)19(15)16)17-4-5-18(29)25-20(17)30/h1-3,17,24H,4-11,13-14H2,(H,25,29,30). The van der Waals surface area contributed by atoms with Gasteiger partial charge in [0.1, 0.15) is 11.6 Å². The van der Waals surface area contributed by atoms with Gasteiger partial charge in [0.2, 0.25) is 11.8 Å². The highest BCUT2D eigenvalue weighted by Crippen LogP contribution is 2.31. The van der Waals surface area contributed by atoms with Gasteiger partial charge in [0, 0.05) is 64.3 Å². The van der Waals surface area contributed by atoms with Gasteiger partial charge >= 0.3 is 0 Å². The topological polar surface area (TPSA) is 109 Å². The van der Waals surface area contributed by atoms with Gasteiger partial charge in [0.05, 0.1) is 6.07 Å². The summed E-state index contributed by atoms with van der Waals surface area (Å²) in [6.45, 7) is 5.88. The number of carbonyl (C=O) groups excluding carboxylic acids is 3. The first kappa shape index (κ1) is 20.1. The molecule has 0 spiro atoms. The quantitative estimate of drug-likeness (QED) is 0.626. The number of amides is 3. The summed E-state index contributed by atoms with van der Waals surface area (Å²) in [4.78, 5) is 43.2. The maximum absolute atomic E-state index is 13.2. The number of hydrogen-bond donors (Lipinski definition) is 2. The number of piperidine rings is 1. The van der Waals surface area contributed by atoms with Crippen molar-refractivity contribution in [3.63, 3.8) is 0 Å².